The smallest absolute Gasteiger partial charge is 0.261 e. The topological polar surface area (TPSA) is 84.5 Å². The molecule has 9 heteroatoms. The fourth-order valence-corrected chi connectivity index (χ4v) is 4.15. The van der Waals surface area contributed by atoms with E-state index in [0.717, 1.165) is 3.57 Å². The first-order valence-corrected chi connectivity index (χ1v) is 11.8. The van der Waals surface area contributed by atoms with Crippen LogP contribution in [-0.2, 0) is 10.0 Å². The molecule has 0 fully saturated rings. The predicted octanol–water partition coefficient (Wildman–Crippen LogP) is 5.40. The van der Waals surface area contributed by atoms with Crippen LogP contribution >= 0.6 is 34.2 Å². The number of amides is 1. The van der Waals surface area contributed by atoms with Gasteiger partial charge in [0.2, 0.25) is 0 Å². The van der Waals surface area contributed by atoms with E-state index in [1.807, 2.05) is 0 Å². The zero-order valence-electron chi connectivity index (χ0n) is 15.9. The lowest BCUT2D eigenvalue weighted by atomic mass is 10.2. The Labute approximate surface area is 193 Å². The average Bonchev–Trinajstić information content (AvgIpc) is 2.71. The first-order chi connectivity index (χ1) is 14.3. The van der Waals surface area contributed by atoms with Crippen molar-refractivity contribution in [2.45, 2.75) is 11.8 Å². The molecule has 156 valence electrons. The third-order valence-electron chi connectivity index (χ3n) is 4.01. The molecule has 3 aromatic carbocycles. The minimum Gasteiger partial charge on any atom is -0.492 e. The number of carbonyl (C=O) groups is 1. The summed E-state index contributed by atoms with van der Waals surface area (Å²) < 4.78 is 34.7. The van der Waals surface area contributed by atoms with Gasteiger partial charge in [0, 0.05) is 19.8 Å². The van der Waals surface area contributed by atoms with Gasteiger partial charge in [0.15, 0.2) is 0 Å². The number of carbonyl (C=O) groups excluding carboxylic acids is 1. The second kappa shape index (κ2) is 9.67. The van der Waals surface area contributed by atoms with E-state index in [1.165, 1.54) is 18.2 Å². The molecule has 0 saturated carbocycles. The molecule has 3 aromatic rings. The molecule has 2 N–H and O–H groups in total. The minimum absolute atomic E-state index is 0.00379. The molecule has 0 aliphatic rings. The first-order valence-electron chi connectivity index (χ1n) is 8.90. The Morgan fingerprint density at radius 1 is 1.03 bits per heavy atom. The van der Waals surface area contributed by atoms with Crippen molar-refractivity contribution in [2.24, 2.45) is 0 Å². The van der Waals surface area contributed by atoms with Gasteiger partial charge in [0.25, 0.3) is 15.9 Å². The van der Waals surface area contributed by atoms with Gasteiger partial charge in [-0.15, -0.1) is 0 Å². The number of sulfonamides is 1. The Bertz CT molecular complexity index is 1150. The molecule has 30 heavy (non-hydrogen) atoms. The molecule has 3 rings (SSSR count). The Morgan fingerprint density at radius 2 is 1.70 bits per heavy atom. The highest BCUT2D eigenvalue weighted by molar-refractivity contribution is 14.1. The van der Waals surface area contributed by atoms with E-state index >= 15 is 0 Å². The van der Waals surface area contributed by atoms with Crippen LogP contribution in [0.1, 0.15) is 17.3 Å². The molecule has 0 spiro atoms. The van der Waals surface area contributed by atoms with Crippen molar-refractivity contribution >= 4 is 61.5 Å². The third kappa shape index (κ3) is 5.65. The van der Waals surface area contributed by atoms with Crippen molar-refractivity contribution in [3.05, 3.63) is 80.9 Å². The van der Waals surface area contributed by atoms with Crippen LogP contribution in [-0.4, -0.2) is 20.9 Å². The zero-order chi connectivity index (χ0) is 21.7. The summed E-state index contributed by atoms with van der Waals surface area (Å²) in [6, 6.07) is 17.6. The van der Waals surface area contributed by atoms with Gasteiger partial charge < -0.3 is 10.1 Å². The van der Waals surface area contributed by atoms with Gasteiger partial charge in [0.05, 0.1) is 17.2 Å². The van der Waals surface area contributed by atoms with Crippen molar-refractivity contribution in [3.63, 3.8) is 0 Å². The van der Waals surface area contributed by atoms with Gasteiger partial charge in [-0.05, 0) is 96.2 Å². The molecule has 1 amide bonds. The molecule has 0 unspecified atom stereocenters. The molecular weight excluding hydrogens is 539 g/mol. The lowest BCUT2D eigenvalue weighted by Crippen LogP contribution is -2.16. The summed E-state index contributed by atoms with van der Waals surface area (Å²) in [5, 5.41) is 3.23. The Kier molecular flexibility index (Phi) is 7.22. The number of rotatable bonds is 7. The molecule has 0 atom stereocenters. The van der Waals surface area contributed by atoms with Gasteiger partial charge in [-0.2, -0.15) is 0 Å². The van der Waals surface area contributed by atoms with Crippen molar-refractivity contribution in [2.75, 3.05) is 16.6 Å². The molecule has 0 aliphatic carbocycles. The van der Waals surface area contributed by atoms with Crippen LogP contribution in [0.4, 0.5) is 11.4 Å². The zero-order valence-corrected chi connectivity index (χ0v) is 19.6. The average molecular weight is 557 g/mol. The lowest BCUT2D eigenvalue weighted by Gasteiger charge is -2.14. The molecular formula is C21H18ClIN2O4S. The summed E-state index contributed by atoms with van der Waals surface area (Å²) in [4.78, 5) is 12.6. The summed E-state index contributed by atoms with van der Waals surface area (Å²) >= 11 is 8.00. The van der Waals surface area contributed by atoms with E-state index in [0.29, 0.717) is 28.6 Å². The molecule has 0 heterocycles. The summed E-state index contributed by atoms with van der Waals surface area (Å²) in [6.07, 6.45) is 0. The number of hydrogen-bond acceptors (Lipinski definition) is 4. The van der Waals surface area contributed by atoms with Crippen molar-refractivity contribution in [1.82, 2.24) is 0 Å². The monoisotopic (exact) mass is 556 g/mol. The van der Waals surface area contributed by atoms with E-state index < -0.39 is 15.9 Å². The largest absolute Gasteiger partial charge is 0.492 e. The number of halogens is 2. The van der Waals surface area contributed by atoms with Crippen molar-refractivity contribution < 1.29 is 17.9 Å². The normalized spacial score (nSPS) is 11.0. The SMILES string of the molecule is CCOc1ccc(S(=O)(=O)Nc2ccc(I)cc2)cc1NC(=O)c1ccc(Cl)cc1. The Balaban J connectivity index is 1.90. The fraction of sp³-hybridized carbons (Fsp3) is 0.0952. The highest BCUT2D eigenvalue weighted by Crippen LogP contribution is 2.29. The van der Waals surface area contributed by atoms with Crippen molar-refractivity contribution in [3.8, 4) is 5.75 Å². The maximum atomic E-state index is 12.8. The van der Waals surface area contributed by atoms with Crippen LogP contribution < -0.4 is 14.8 Å². The minimum atomic E-state index is -3.86. The molecule has 0 aliphatic heterocycles. The molecule has 0 radical (unpaired) electrons. The molecule has 0 bridgehead atoms. The lowest BCUT2D eigenvalue weighted by molar-refractivity contribution is 0.102. The van der Waals surface area contributed by atoms with Gasteiger partial charge in [-0.25, -0.2) is 8.42 Å². The van der Waals surface area contributed by atoms with E-state index in [9.17, 15) is 13.2 Å². The number of nitrogens with one attached hydrogen (secondary N) is 2. The number of hydrogen-bond donors (Lipinski definition) is 2. The highest BCUT2D eigenvalue weighted by atomic mass is 127. The van der Waals surface area contributed by atoms with E-state index in [1.54, 1.807) is 55.5 Å². The van der Waals surface area contributed by atoms with Gasteiger partial charge in [-0.1, -0.05) is 11.6 Å². The molecule has 6 nitrogen and oxygen atoms in total. The van der Waals surface area contributed by atoms with Crippen LogP contribution in [0.5, 0.6) is 5.75 Å². The number of anilines is 2. The third-order valence-corrected chi connectivity index (χ3v) is 6.36. The van der Waals surface area contributed by atoms with Gasteiger partial charge in [-0.3, -0.25) is 9.52 Å². The second-order valence-corrected chi connectivity index (χ2v) is 9.53. The van der Waals surface area contributed by atoms with E-state index in [2.05, 4.69) is 32.6 Å². The fourth-order valence-electron chi connectivity index (χ4n) is 2.58. The summed E-state index contributed by atoms with van der Waals surface area (Å²) in [5.74, 6) is -0.0409. The Hall–Kier alpha value is -2.30. The molecule has 0 saturated heterocycles. The van der Waals surface area contributed by atoms with Crippen LogP contribution in [0.2, 0.25) is 5.02 Å². The van der Waals surface area contributed by atoms with Crippen LogP contribution in [0.15, 0.2) is 71.6 Å². The predicted molar refractivity (Wildman–Crippen MR) is 127 cm³/mol. The standard InChI is InChI=1S/C21H18ClIN2O4S/c1-2-29-20-12-11-18(30(27,28)25-17-9-7-16(23)8-10-17)13-19(20)24-21(26)14-3-5-15(22)6-4-14/h3-13,25H,2H2,1H3,(H,24,26). The van der Waals surface area contributed by atoms with Crippen LogP contribution in [0.3, 0.4) is 0 Å². The van der Waals surface area contributed by atoms with Gasteiger partial charge in [0.1, 0.15) is 5.75 Å². The summed E-state index contributed by atoms with van der Waals surface area (Å²) in [7, 11) is -3.86. The number of ether oxygens (including phenoxy) is 1. The van der Waals surface area contributed by atoms with E-state index in [-0.39, 0.29) is 10.6 Å². The maximum Gasteiger partial charge on any atom is 0.261 e. The highest BCUT2D eigenvalue weighted by Gasteiger charge is 2.18. The van der Waals surface area contributed by atoms with E-state index in [4.69, 9.17) is 16.3 Å². The quantitative estimate of drug-likeness (QED) is 0.382. The van der Waals surface area contributed by atoms with Gasteiger partial charge >= 0.3 is 0 Å². The first kappa shape index (κ1) is 22.4. The number of benzene rings is 3. The molecule has 0 aromatic heterocycles. The second-order valence-electron chi connectivity index (χ2n) is 6.16. The van der Waals surface area contributed by atoms with Crippen LogP contribution in [0, 0.1) is 3.57 Å². The summed E-state index contributed by atoms with van der Waals surface area (Å²) in [6.45, 7) is 2.16. The van der Waals surface area contributed by atoms with Crippen molar-refractivity contribution in [1.29, 1.82) is 0 Å². The Morgan fingerprint density at radius 3 is 2.33 bits per heavy atom. The maximum absolute atomic E-state index is 12.8. The van der Waals surface area contributed by atoms with Crippen LogP contribution in [0.25, 0.3) is 0 Å². The summed E-state index contributed by atoms with van der Waals surface area (Å²) in [5.41, 5.74) is 1.07.